The molecule has 168 valence electrons. The maximum atomic E-state index is 13.8. The standard InChI is InChI=1S/C21H25FN2O6S/c1-28-19-14-16(31(26,27)24-9-11-30-12-10-24)13-17(20(19)29-2)21(25)23-8-7-15-5-3-4-6-18(15)22/h3-6,13-14H,7-12H2,1-2H3,(H,23,25). The first-order valence-corrected chi connectivity index (χ1v) is 11.2. The maximum absolute atomic E-state index is 13.8. The highest BCUT2D eigenvalue weighted by Crippen LogP contribution is 2.35. The zero-order valence-electron chi connectivity index (χ0n) is 17.4. The molecule has 1 saturated heterocycles. The average Bonchev–Trinajstić information content (AvgIpc) is 2.79. The molecule has 1 fully saturated rings. The monoisotopic (exact) mass is 452 g/mol. The van der Waals surface area contributed by atoms with E-state index in [1.54, 1.807) is 18.2 Å². The third kappa shape index (κ3) is 5.15. The fourth-order valence-corrected chi connectivity index (χ4v) is 4.75. The van der Waals surface area contributed by atoms with Crippen molar-refractivity contribution in [2.75, 3.05) is 47.1 Å². The van der Waals surface area contributed by atoms with Gasteiger partial charge in [-0.3, -0.25) is 4.79 Å². The Morgan fingerprint density at radius 2 is 1.87 bits per heavy atom. The Morgan fingerprint density at radius 3 is 2.52 bits per heavy atom. The molecule has 31 heavy (non-hydrogen) atoms. The quantitative estimate of drug-likeness (QED) is 0.657. The highest BCUT2D eigenvalue weighted by molar-refractivity contribution is 7.89. The first-order chi connectivity index (χ1) is 14.9. The summed E-state index contributed by atoms with van der Waals surface area (Å²) in [5, 5.41) is 2.69. The normalized spacial score (nSPS) is 14.8. The van der Waals surface area contributed by atoms with E-state index in [2.05, 4.69) is 5.32 Å². The number of carbonyl (C=O) groups excluding carboxylic acids is 1. The van der Waals surface area contributed by atoms with Crippen molar-refractivity contribution in [3.8, 4) is 11.5 Å². The Bertz CT molecular complexity index is 1040. The number of ether oxygens (including phenoxy) is 3. The van der Waals surface area contributed by atoms with Crippen LogP contribution in [0, 0.1) is 5.82 Å². The number of nitrogens with zero attached hydrogens (tertiary/aromatic N) is 1. The number of morpholine rings is 1. The van der Waals surface area contributed by atoms with Gasteiger partial charge < -0.3 is 19.5 Å². The van der Waals surface area contributed by atoms with Crippen molar-refractivity contribution in [2.45, 2.75) is 11.3 Å². The molecule has 1 amide bonds. The summed E-state index contributed by atoms with van der Waals surface area (Å²) >= 11 is 0. The average molecular weight is 453 g/mol. The SMILES string of the molecule is COc1cc(S(=O)(=O)N2CCOCC2)cc(C(=O)NCCc2ccccc2F)c1OC. The van der Waals surface area contributed by atoms with Crippen molar-refractivity contribution in [1.29, 1.82) is 0 Å². The van der Waals surface area contributed by atoms with E-state index >= 15 is 0 Å². The summed E-state index contributed by atoms with van der Waals surface area (Å²) in [5.41, 5.74) is 0.484. The van der Waals surface area contributed by atoms with Gasteiger partial charge in [0.25, 0.3) is 5.91 Å². The van der Waals surface area contributed by atoms with Crippen molar-refractivity contribution >= 4 is 15.9 Å². The van der Waals surface area contributed by atoms with E-state index in [0.29, 0.717) is 18.8 Å². The second-order valence-electron chi connectivity index (χ2n) is 6.82. The Labute approximate surface area is 181 Å². The van der Waals surface area contributed by atoms with E-state index < -0.39 is 15.9 Å². The number of benzene rings is 2. The van der Waals surface area contributed by atoms with Gasteiger partial charge in [0.15, 0.2) is 11.5 Å². The van der Waals surface area contributed by atoms with Gasteiger partial charge in [0.05, 0.1) is 37.9 Å². The zero-order valence-corrected chi connectivity index (χ0v) is 18.2. The minimum atomic E-state index is -3.86. The van der Waals surface area contributed by atoms with E-state index in [1.165, 1.54) is 36.7 Å². The van der Waals surface area contributed by atoms with Gasteiger partial charge in [0, 0.05) is 25.7 Å². The third-order valence-electron chi connectivity index (χ3n) is 4.94. The zero-order chi connectivity index (χ0) is 22.4. The molecular weight excluding hydrogens is 427 g/mol. The molecule has 1 N–H and O–H groups in total. The topological polar surface area (TPSA) is 94.2 Å². The maximum Gasteiger partial charge on any atom is 0.255 e. The van der Waals surface area contributed by atoms with Gasteiger partial charge in [-0.05, 0) is 24.1 Å². The van der Waals surface area contributed by atoms with Gasteiger partial charge in [0.1, 0.15) is 5.82 Å². The molecule has 0 spiro atoms. The molecule has 0 atom stereocenters. The Morgan fingerprint density at radius 1 is 1.16 bits per heavy atom. The molecule has 1 aliphatic rings. The van der Waals surface area contributed by atoms with Crippen LogP contribution in [0.4, 0.5) is 4.39 Å². The predicted molar refractivity (Wildman–Crippen MR) is 112 cm³/mol. The van der Waals surface area contributed by atoms with E-state index in [0.717, 1.165) is 0 Å². The molecule has 2 aromatic rings. The molecule has 0 bridgehead atoms. The van der Waals surface area contributed by atoms with Crippen LogP contribution in [0.25, 0.3) is 0 Å². The number of nitrogens with one attached hydrogen (secondary N) is 1. The molecular formula is C21H25FN2O6S. The van der Waals surface area contributed by atoms with Crippen LogP contribution in [-0.4, -0.2) is 65.7 Å². The summed E-state index contributed by atoms with van der Waals surface area (Å²) in [6.45, 7) is 1.21. The number of methoxy groups -OCH3 is 2. The van der Waals surface area contributed by atoms with Crippen molar-refractivity contribution in [2.24, 2.45) is 0 Å². The van der Waals surface area contributed by atoms with E-state index in [1.807, 2.05) is 0 Å². The van der Waals surface area contributed by atoms with E-state index in [4.69, 9.17) is 14.2 Å². The number of sulfonamides is 1. The van der Waals surface area contributed by atoms with E-state index in [9.17, 15) is 17.6 Å². The molecule has 0 aromatic heterocycles. The number of rotatable bonds is 8. The second kappa shape index (κ2) is 10.1. The van der Waals surface area contributed by atoms with Crippen LogP contribution in [0.1, 0.15) is 15.9 Å². The Hall–Kier alpha value is -2.69. The molecule has 2 aromatic carbocycles. The molecule has 1 aliphatic heterocycles. The van der Waals surface area contributed by atoms with Gasteiger partial charge in [-0.15, -0.1) is 0 Å². The fraction of sp³-hybridized carbons (Fsp3) is 0.381. The second-order valence-corrected chi connectivity index (χ2v) is 8.76. The van der Waals surface area contributed by atoms with Crippen LogP contribution in [0.5, 0.6) is 11.5 Å². The molecule has 1 heterocycles. The number of halogens is 1. The number of hydrogen-bond acceptors (Lipinski definition) is 6. The molecule has 10 heteroatoms. The molecule has 8 nitrogen and oxygen atoms in total. The molecule has 3 rings (SSSR count). The molecule has 0 saturated carbocycles. The lowest BCUT2D eigenvalue weighted by molar-refractivity contribution is 0.0730. The van der Waals surface area contributed by atoms with Gasteiger partial charge in [0.2, 0.25) is 10.0 Å². The fourth-order valence-electron chi connectivity index (χ4n) is 3.30. The summed E-state index contributed by atoms with van der Waals surface area (Å²) in [6.07, 6.45) is 0.281. The largest absolute Gasteiger partial charge is 0.493 e. The van der Waals surface area contributed by atoms with Gasteiger partial charge in [-0.1, -0.05) is 18.2 Å². The lowest BCUT2D eigenvalue weighted by Crippen LogP contribution is -2.40. The summed E-state index contributed by atoms with van der Waals surface area (Å²) < 4.78 is 57.0. The van der Waals surface area contributed by atoms with E-state index in [-0.39, 0.29) is 53.8 Å². The summed E-state index contributed by atoms with van der Waals surface area (Å²) in [6, 6.07) is 8.90. The van der Waals surface area contributed by atoms with Crippen LogP contribution in [0.3, 0.4) is 0 Å². The van der Waals surface area contributed by atoms with Gasteiger partial charge in [-0.25, -0.2) is 12.8 Å². The minimum Gasteiger partial charge on any atom is -0.493 e. The highest BCUT2D eigenvalue weighted by Gasteiger charge is 2.30. The van der Waals surface area contributed by atoms with Crippen LogP contribution in [-0.2, 0) is 21.2 Å². The van der Waals surface area contributed by atoms with Crippen molar-refractivity contribution < 1.29 is 31.8 Å². The lowest BCUT2D eigenvalue weighted by Gasteiger charge is -2.26. The van der Waals surface area contributed by atoms with Gasteiger partial charge in [-0.2, -0.15) is 4.31 Å². The first-order valence-electron chi connectivity index (χ1n) is 9.74. The molecule has 0 aliphatic carbocycles. The van der Waals surface area contributed by atoms with Crippen molar-refractivity contribution in [3.63, 3.8) is 0 Å². The number of hydrogen-bond donors (Lipinski definition) is 1. The van der Waals surface area contributed by atoms with Crippen LogP contribution in [0.2, 0.25) is 0 Å². The first kappa shape index (κ1) is 23.0. The van der Waals surface area contributed by atoms with Crippen LogP contribution in [0.15, 0.2) is 41.3 Å². The smallest absolute Gasteiger partial charge is 0.255 e. The Kier molecular flexibility index (Phi) is 7.47. The summed E-state index contributed by atoms with van der Waals surface area (Å²) in [5.74, 6) is -0.664. The van der Waals surface area contributed by atoms with Crippen LogP contribution >= 0.6 is 0 Å². The summed E-state index contributed by atoms with van der Waals surface area (Å²) in [7, 11) is -1.13. The predicted octanol–water partition coefficient (Wildman–Crippen LogP) is 1.84. The molecule has 0 unspecified atom stereocenters. The van der Waals surface area contributed by atoms with Gasteiger partial charge >= 0.3 is 0 Å². The number of amides is 1. The molecule has 0 radical (unpaired) electrons. The van der Waals surface area contributed by atoms with Crippen molar-refractivity contribution in [3.05, 3.63) is 53.3 Å². The highest BCUT2D eigenvalue weighted by atomic mass is 32.2. The lowest BCUT2D eigenvalue weighted by atomic mass is 10.1. The van der Waals surface area contributed by atoms with Crippen molar-refractivity contribution in [1.82, 2.24) is 9.62 Å². The minimum absolute atomic E-state index is 0.0159. The third-order valence-corrected chi connectivity index (χ3v) is 6.82. The summed E-state index contributed by atoms with van der Waals surface area (Å²) in [4.78, 5) is 12.8. The number of carbonyl (C=O) groups is 1. The van der Waals surface area contributed by atoms with Crippen LogP contribution < -0.4 is 14.8 Å². The Balaban J connectivity index is 1.86.